The number of hydrogen-bond acceptors (Lipinski definition) is 5. The molecule has 2 amide bonds. The standard InChI is InChI=1S/C20H21BClFN2O5/c1-11(2)8-17(21-29-16-5-3-4-15(26)19(16)30-21)25-18(27)10-24-20(28)13-9-12(22)6-7-14(13)23/h3-7,9,11,17,19H,8,10H2,1-2H3,(H,24,28)(H,25,27)/t17-,19?/m0/s1. The van der Waals surface area contributed by atoms with E-state index in [1.165, 1.54) is 18.2 Å². The number of carbonyl (C=O) groups excluding carboxylic acids is 3. The van der Waals surface area contributed by atoms with Gasteiger partial charge in [0.2, 0.25) is 5.91 Å². The molecule has 0 bridgehead atoms. The van der Waals surface area contributed by atoms with Crippen molar-refractivity contribution < 1.29 is 28.1 Å². The van der Waals surface area contributed by atoms with Crippen LogP contribution in [0.15, 0.2) is 42.2 Å². The molecule has 1 unspecified atom stereocenters. The minimum Gasteiger partial charge on any atom is -0.536 e. The first kappa shape index (κ1) is 22.0. The molecule has 1 aliphatic carbocycles. The van der Waals surface area contributed by atoms with Crippen LogP contribution in [-0.2, 0) is 18.9 Å². The van der Waals surface area contributed by atoms with E-state index >= 15 is 0 Å². The SMILES string of the molecule is CC(C)C[C@H](NC(=O)CNC(=O)c1cc(Cl)ccc1F)B1OC2=CC=CC(=O)C2O1. The maximum absolute atomic E-state index is 13.8. The lowest BCUT2D eigenvalue weighted by molar-refractivity contribution is -0.120. The molecule has 0 spiro atoms. The van der Waals surface area contributed by atoms with Crippen molar-refractivity contribution in [1.82, 2.24) is 10.6 Å². The zero-order valence-electron chi connectivity index (χ0n) is 16.5. The van der Waals surface area contributed by atoms with Crippen LogP contribution in [0.25, 0.3) is 0 Å². The Kier molecular flexibility index (Phi) is 6.94. The highest BCUT2D eigenvalue weighted by atomic mass is 35.5. The van der Waals surface area contributed by atoms with Gasteiger partial charge in [-0.2, -0.15) is 0 Å². The van der Waals surface area contributed by atoms with Crippen LogP contribution in [-0.4, -0.2) is 43.3 Å². The highest BCUT2D eigenvalue weighted by molar-refractivity contribution is 6.48. The number of hydrogen-bond donors (Lipinski definition) is 2. The first-order chi connectivity index (χ1) is 14.2. The number of halogens is 2. The van der Waals surface area contributed by atoms with Crippen molar-refractivity contribution in [2.24, 2.45) is 5.92 Å². The Morgan fingerprint density at radius 1 is 1.33 bits per heavy atom. The molecular weight excluding hydrogens is 413 g/mol. The fourth-order valence-corrected chi connectivity index (χ4v) is 3.36. The third-order valence-corrected chi connectivity index (χ3v) is 4.78. The number of ketones is 1. The van der Waals surface area contributed by atoms with Gasteiger partial charge < -0.3 is 19.9 Å². The van der Waals surface area contributed by atoms with Crippen molar-refractivity contribution in [3.05, 3.63) is 58.6 Å². The number of allylic oxidation sites excluding steroid dienone is 2. The molecule has 1 aliphatic heterocycles. The third-order valence-electron chi connectivity index (χ3n) is 4.54. The molecule has 0 saturated carbocycles. The number of fused-ring (bicyclic) bond motifs is 1. The Labute approximate surface area is 178 Å². The molecule has 2 N–H and O–H groups in total. The molecule has 0 radical (unpaired) electrons. The monoisotopic (exact) mass is 434 g/mol. The van der Waals surface area contributed by atoms with Crippen LogP contribution in [0.3, 0.4) is 0 Å². The van der Waals surface area contributed by atoms with Crippen LogP contribution in [0.1, 0.15) is 30.6 Å². The van der Waals surface area contributed by atoms with Crippen LogP contribution >= 0.6 is 11.6 Å². The Morgan fingerprint density at radius 2 is 2.10 bits per heavy atom. The summed E-state index contributed by atoms with van der Waals surface area (Å²) in [6, 6.07) is 3.59. The number of rotatable bonds is 7. The highest BCUT2D eigenvalue weighted by Crippen LogP contribution is 2.27. The van der Waals surface area contributed by atoms with E-state index in [9.17, 15) is 18.8 Å². The molecule has 1 saturated heterocycles. The van der Waals surface area contributed by atoms with Gasteiger partial charge in [-0.15, -0.1) is 0 Å². The van der Waals surface area contributed by atoms with E-state index < -0.39 is 36.8 Å². The lowest BCUT2D eigenvalue weighted by atomic mass is 9.74. The summed E-state index contributed by atoms with van der Waals surface area (Å²) in [6.07, 6.45) is 4.35. The van der Waals surface area contributed by atoms with Gasteiger partial charge in [-0.05, 0) is 42.7 Å². The molecule has 0 aromatic heterocycles. The molecule has 158 valence electrons. The molecule has 10 heteroatoms. The molecule has 2 aliphatic rings. The second-order valence-electron chi connectivity index (χ2n) is 7.44. The number of amides is 2. The van der Waals surface area contributed by atoms with E-state index in [1.54, 1.807) is 12.2 Å². The second kappa shape index (κ2) is 9.44. The predicted octanol–water partition coefficient (Wildman–Crippen LogP) is 2.21. The van der Waals surface area contributed by atoms with Gasteiger partial charge in [0.05, 0.1) is 18.0 Å². The van der Waals surface area contributed by atoms with E-state index in [2.05, 4.69) is 10.6 Å². The minimum absolute atomic E-state index is 0.197. The van der Waals surface area contributed by atoms with Crippen LogP contribution in [0.2, 0.25) is 5.02 Å². The van der Waals surface area contributed by atoms with E-state index in [0.717, 1.165) is 6.07 Å². The molecule has 7 nitrogen and oxygen atoms in total. The Balaban J connectivity index is 1.60. The van der Waals surface area contributed by atoms with Crippen LogP contribution in [0, 0.1) is 11.7 Å². The Bertz CT molecular complexity index is 920. The van der Waals surface area contributed by atoms with Crippen molar-refractivity contribution in [3.63, 3.8) is 0 Å². The van der Waals surface area contributed by atoms with Crippen LogP contribution in [0.4, 0.5) is 4.39 Å². The fourth-order valence-electron chi connectivity index (χ4n) is 3.19. The molecule has 30 heavy (non-hydrogen) atoms. The van der Waals surface area contributed by atoms with Gasteiger partial charge in [-0.3, -0.25) is 14.4 Å². The van der Waals surface area contributed by atoms with Crippen molar-refractivity contribution in [3.8, 4) is 0 Å². The van der Waals surface area contributed by atoms with Gasteiger partial charge in [0.15, 0.2) is 11.9 Å². The van der Waals surface area contributed by atoms with E-state index in [4.69, 9.17) is 20.9 Å². The first-order valence-corrected chi connectivity index (χ1v) is 9.89. The minimum atomic E-state index is -0.836. The summed E-state index contributed by atoms with van der Waals surface area (Å²) >= 11 is 5.79. The molecule has 1 fully saturated rings. The van der Waals surface area contributed by atoms with Gasteiger partial charge in [-0.25, -0.2) is 4.39 Å². The molecule has 3 rings (SSSR count). The number of carbonyl (C=O) groups is 3. The van der Waals surface area contributed by atoms with Crippen molar-refractivity contribution in [2.75, 3.05) is 6.54 Å². The molecular formula is C20H21BClFN2O5. The van der Waals surface area contributed by atoms with Gasteiger partial charge in [0.25, 0.3) is 5.91 Å². The van der Waals surface area contributed by atoms with Crippen molar-refractivity contribution in [1.29, 1.82) is 0 Å². The highest BCUT2D eigenvalue weighted by Gasteiger charge is 2.46. The van der Waals surface area contributed by atoms with E-state index in [-0.39, 0.29) is 28.8 Å². The molecule has 1 heterocycles. The predicted molar refractivity (Wildman–Crippen MR) is 109 cm³/mol. The summed E-state index contributed by atoms with van der Waals surface area (Å²) in [7, 11) is -0.836. The molecule has 1 aromatic rings. The smallest absolute Gasteiger partial charge is 0.536 e. The molecule has 1 aromatic carbocycles. The van der Waals surface area contributed by atoms with E-state index in [1.807, 2.05) is 13.8 Å². The summed E-state index contributed by atoms with van der Waals surface area (Å²) in [4.78, 5) is 36.5. The van der Waals surface area contributed by atoms with Gasteiger partial charge in [0, 0.05) is 5.02 Å². The Morgan fingerprint density at radius 3 is 2.80 bits per heavy atom. The maximum atomic E-state index is 13.8. The zero-order chi connectivity index (χ0) is 21.8. The average molecular weight is 435 g/mol. The second-order valence-corrected chi connectivity index (χ2v) is 7.88. The molecule has 2 atom stereocenters. The largest absolute Gasteiger partial charge is 0.550 e. The average Bonchev–Trinajstić information content (AvgIpc) is 3.13. The van der Waals surface area contributed by atoms with E-state index in [0.29, 0.717) is 12.2 Å². The summed E-state index contributed by atoms with van der Waals surface area (Å²) in [5, 5.41) is 5.34. The quantitative estimate of drug-likeness (QED) is 0.642. The lowest BCUT2D eigenvalue weighted by Gasteiger charge is -2.21. The van der Waals surface area contributed by atoms with Gasteiger partial charge in [0.1, 0.15) is 11.6 Å². The van der Waals surface area contributed by atoms with Gasteiger partial charge >= 0.3 is 7.12 Å². The lowest BCUT2D eigenvalue weighted by Crippen LogP contribution is -2.51. The van der Waals surface area contributed by atoms with Crippen LogP contribution in [0.5, 0.6) is 0 Å². The third kappa shape index (κ3) is 5.28. The zero-order valence-corrected chi connectivity index (χ0v) is 17.2. The van der Waals surface area contributed by atoms with Crippen molar-refractivity contribution in [2.45, 2.75) is 32.3 Å². The maximum Gasteiger partial charge on any atom is 0.550 e. The summed E-state index contributed by atoms with van der Waals surface area (Å²) in [5.41, 5.74) is -0.251. The van der Waals surface area contributed by atoms with Crippen LogP contribution < -0.4 is 10.6 Å². The van der Waals surface area contributed by atoms with Gasteiger partial charge in [-0.1, -0.05) is 31.5 Å². The summed E-state index contributed by atoms with van der Waals surface area (Å²) in [5.74, 6) is -2.17. The normalized spacial score (nSPS) is 18.6. The topological polar surface area (TPSA) is 93.7 Å². The summed E-state index contributed by atoms with van der Waals surface area (Å²) < 4.78 is 25.2. The number of nitrogens with one attached hydrogen (secondary N) is 2. The first-order valence-electron chi connectivity index (χ1n) is 9.51. The summed E-state index contributed by atoms with van der Waals surface area (Å²) in [6.45, 7) is 3.56. The number of benzene rings is 1. The fraction of sp³-hybridized carbons (Fsp3) is 0.350. The Hall–Kier alpha value is -2.65. The van der Waals surface area contributed by atoms with Crippen molar-refractivity contribution >= 4 is 36.3 Å².